The topological polar surface area (TPSA) is 88.9 Å². The van der Waals surface area contributed by atoms with Crippen molar-refractivity contribution in [3.8, 4) is 0 Å². The van der Waals surface area contributed by atoms with Crippen molar-refractivity contribution in [3.63, 3.8) is 0 Å². The van der Waals surface area contributed by atoms with E-state index in [1.807, 2.05) is 41.8 Å². The minimum atomic E-state index is -0.492. The number of hydrogen-bond donors (Lipinski definition) is 2. The molecule has 2 atom stereocenters. The van der Waals surface area contributed by atoms with Crippen LogP contribution >= 0.6 is 11.8 Å². The van der Waals surface area contributed by atoms with E-state index in [0.717, 1.165) is 5.56 Å². The molecule has 2 N–H and O–H groups in total. The van der Waals surface area contributed by atoms with E-state index in [9.17, 15) is 9.59 Å². The average Bonchev–Trinajstić information content (AvgIpc) is 3.03. The minimum Gasteiger partial charge on any atom is -0.338 e. The Morgan fingerprint density at radius 2 is 1.96 bits per heavy atom. The lowest BCUT2D eigenvalue weighted by Crippen LogP contribution is -2.42. The Hall–Kier alpha value is -2.35. The molecule has 0 saturated heterocycles. The van der Waals surface area contributed by atoms with Gasteiger partial charge in [0, 0.05) is 6.54 Å². The summed E-state index contributed by atoms with van der Waals surface area (Å²) in [5, 5.41) is 13.0. The van der Waals surface area contributed by atoms with Crippen LogP contribution in [0.25, 0.3) is 0 Å². The van der Waals surface area contributed by atoms with Crippen molar-refractivity contribution in [1.82, 2.24) is 25.4 Å². The van der Waals surface area contributed by atoms with Crippen LogP contribution in [-0.4, -0.2) is 38.5 Å². The minimum absolute atomic E-state index is 0.0438. The van der Waals surface area contributed by atoms with Crippen molar-refractivity contribution in [2.24, 2.45) is 0 Å². The van der Waals surface area contributed by atoms with E-state index in [1.54, 1.807) is 20.2 Å². The molecule has 0 unspecified atom stereocenters. The van der Waals surface area contributed by atoms with Crippen molar-refractivity contribution < 1.29 is 9.59 Å². The molecular formula is C16H21N5O2S. The molecule has 0 radical (unpaired) electrons. The Bertz CT molecular complexity index is 689. The molecule has 7 nitrogen and oxygen atoms in total. The lowest BCUT2D eigenvalue weighted by molar-refractivity contribution is -0.119. The molecule has 3 amide bonds. The summed E-state index contributed by atoms with van der Waals surface area (Å²) < 4.78 is 1.91. The molecule has 8 heteroatoms. The largest absolute Gasteiger partial charge is 0.338 e. The number of rotatable bonds is 6. The summed E-state index contributed by atoms with van der Waals surface area (Å²) in [5.74, 6) is -0.368. The number of aromatic nitrogens is 3. The Kier molecular flexibility index (Phi) is 6.36. The molecule has 24 heavy (non-hydrogen) atoms. The van der Waals surface area contributed by atoms with Crippen LogP contribution in [0.15, 0.2) is 41.8 Å². The van der Waals surface area contributed by atoms with E-state index in [-0.39, 0.29) is 11.9 Å². The van der Waals surface area contributed by atoms with Gasteiger partial charge < -0.3 is 9.88 Å². The Balaban J connectivity index is 2.05. The molecule has 2 aromatic rings. The fourth-order valence-corrected chi connectivity index (χ4v) is 3.01. The Morgan fingerprint density at radius 3 is 2.62 bits per heavy atom. The monoisotopic (exact) mass is 347 g/mol. The van der Waals surface area contributed by atoms with E-state index in [1.165, 1.54) is 11.8 Å². The number of amides is 3. The first-order chi connectivity index (χ1) is 11.5. The number of hydrogen-bond acceptors (Lipinski definition) is 5. The van der Waals surface area contributed by atoms with Crippen LogP contribution in [0.1, 0.15) is 32.4 Å². The molecule has 0 aliphatic carbocycles. The molecule has 0 fully saturated rings. The third-order valence-corrected chi connectivity index (χ3v) is 4.54. The van der Waals surface area contributed by atoms with Crippen molar-refractivity contribution in [1.29, 1.82) is 0 Å². The molecule has 1 heterocycles. The molecule has 0 aliphatic heterocycles. The zero-order valence-corrected chi connectivity index (χ0v) is 14.7. The fourth-order valence-electron chi connectivity index (χ4n) is 2.10. The van der Waals surface area contributed by atoms with Crippen LogP contribution in [-0.2, 0) is 4.79 Å². The Morgan fingerprint density at radius 1 is 1.25 bits per heavy atom. The van der Waals surface area contributed by atoms with Crippen LogP contribution in [0, 0.1) is 0 Å². The van der Waals surface area contributed by atoms with Gasteiger partial charge in [0.1, 0.15) is 6.33 Å². The van der Waals surface area contributed by atoms with E-state index < -0.39 is 11.3 Å². The molecular weight excluding hydrogens is 326 g/mol. The average molecular weight is 347 g/mol. The number of carbonyl (C=O) groups excluding carboxylic acids is 2. The molecule has 0 spiro atoms. The van der Waals surface area contributed by atoms with Gasteiger partial charge in [-0.2, -0.15) is 0 Å². The first kappa shape index (κ1) is 18.0. The quantitative estimate of drug-likeness (QED) is 0.782. The highest BCUT2D eigenvalue weighted by molar-refractivity contribution is 8.00. The summed E-state index contributed by atoms with van der Waals surface area (Å²) in [6.07, 6.45) is 1.65. The lowest BCUT2D eigenvalue weighted by atomic mass is 10.1. The third-order valence-electron chi connectivity index (χ3n) is 3.46. The molecule has 128 valence electrons. The maximum atomic E-state index is 12.1. The van der Waals surface area contributed by atoms with Crippen molar-refractivity contribution in [3.05, 3.63) is 42.2 Å². The maximum absolute atomic E-state index is 12.1. The number of imide groups is 1. The standard InChI is InChI=1S/C16H21N5O2S/c1-4-17-15(23)19-14(22)12(3)24-16-20-18-10-21(16)11(2)13-8-6-5-7-9-13/h5-12H,4H2,1-3H3,(H2,17,19,22,23)/t11-,12+/m1/s1. The smallest absolute Gasteiger partial charge is 0.321 e. The number of thioether (sulfide) groups is 1. The normalized spacial score (nSPS) is 13.1. The van der Waals surface area contributed by atoms with Crippen LogP contribution in [0.4, 0.5) is 4.79 Å². The predicted molar refractivity (Wildman–Crippen MR) is 92.8 cm³/mol. The summed E-state index contributed by atoms with van der Waals surface area (Å²) in [7, 11) is 0. The van der Waals surface area contributed by atoms with Crippen molar-refractivity contribution in [2.75, 3.05) is 6.54 Å². The zero-order chi connectivity index (χ0) is 17.5. The number of benzene rings is 1. The maximum Gasteiger partial charge on any atom is 0.321 e. The summed E-state index contributed by atoms with van der Waals surface area (Å²) in [4.78, 5) is 23.5. The van der Waals surface area contributed by atoms with Crippen LogP contribution in [0.2, 0.25) is 0 Å². The van der Waals surface area contributed by atoms with Gasteiger partial charge in [-0.1, -0.05) is 42.1 Å². The number of carbonyl (C=O) groups is 2. The van der Waals surface area contributed by atoms with Crippen LogP contribution < -0.4 is 10.6 Å². The second-order valence-corrected chi connectivity index (χ2v) is 6.52. The number of nitrogens with one attached hydrogen (secondary N) is 2. The van der Waals surface area contributed by atoms with Crippen LogP contribution in [0.5, 0.6) is 0 Å². The van der Waals surface area contributed by atoms with E-state index >= 15 is 0 Å². The molecule has 1 aromatic carbocycles. The molecule has 0 aliphatic rings. The second kappa shape index (κ2) is 8.49. The van der Waals surface area contributed by atoms with E-state index in [2.05, 4.69) is 20.8 Å². The van der Waals surface area contributed by atoms with Crippen molar-refractivity contribution in [2.45, 2.75) is 37.2 Å². The predicted octanol–water partition coefficient (Wildman–Crippen LogP) is 2.21. The highest BCUT2D eigenvalue weighted by atomic mass is 32.2. The van der Waals surface area contributed by atoms with Crippen LogP contribution in [0.3, 0.4) is 0 Å². The SMILES string of the molecule is CCNC(=O)NC(=O)[C@H](C)Sc1nncn1[C@H](C)c1ccccc1. The van der Waals surface area contributed by atoms with Gasteiger partial charge in [0.15, 0.2) is 5.16 Å². The molecule has 2 rings (SSSR count). The van der Waals surface area contributed by atoms with Gasteiger partial charge in [-0.3, -0.25) is 10.1 Å². The number of nitrogens with zero attached hydrogens (tertiary/aromatic N) is 3. The highest BCUT2D eigenvalue weighted by Gasteiger charge is 2.21. The molecule has 0 bridgehead atoms. The summed E-state index contributed by atoms with van der Waals surface area (Å²) in [6.45, 7) is 6.02. The third kappa shape index (κ3) is 4.58. The van der Waals surface area contributed by atoms with Crippen molar-refractivity contribution >= 4 is 23.7 Å². The van der Waals surface area contributed by atoms with Gasteiger partial charge in [0.05, 0.1) is 11.3 Å². The first-order valence-corrected chi connectivity index (χ1v) is 8.60. The Labute approximate surface area is 145 Å². The first-order valence-electron chi connectivity index (χ1n) is 7.72. The van der Waals surface area contributed by atoms with Gasteiger partial charge in [0.2, 0.25) is 5.91 Å². The summed E-state index contributed by atoms with van der Waals surface area (Å²) in [6, 6.07) is 9.54. The fraction of sp³-hybridized carbons (Fsp3) is 0.375. The summed E-state index contributed by atoms with van der Waals surface area (Å²) >= 11 is 1.27. The zero-order valence-electron chi connectivity index (χ0n) is 13.9. The number of urea groups is 1. The van der Waals surface area contributed by atoms with Gasteiger partial charge in [-0.15, -0.1) is 10.2 Å². The van der Waals surface area contributed by atoms with E-state index in [4.69, 9.17) is 0 Å². The molecule has 1 aromatic heterocycles. The second-order valence-electron chi connectivity index (χ2n) is 5.22. The highest BCUT2D eigenvalue weighted by Crippen LogP contribution is 2.26. The van der Waals surface area contributed by atoms with Gasteiger partial charge in [-0.05, 0) is 26.3 Å². The lowest BCUT2D eigenvalue weighted by Gasteiger charge is -2.17. The van der Waals surface area contributed by atoms with E-state index in [0.29, 0.717) is 11.7 Å². The summed E-state index contributed by atoms with van der Waals surface area (Å²) in [5.41, 5.74) is 1.12. The van der Waals surface area contributed by atoms with Gasteiger partial charge >= 0.3 is 6.03 Å². The van der Waals surface area contributed by atoms with Gasteiger partial charge in [-0.25, -0.2) is 4.79 Å². The molecule has 0 saturated carbocycles. The van der Waals surface area contributed by atoms with Gasteiger partial charge in [0.25, 0.3) is 0 Å².